The third-order valence-electron chi connectivity index (χ3n) is 3.79. The summed E-state index contributed by atoms with van der Waals surface area (Å²) in [7, 11) is 0. The van der Waals surface area contributed by atoms with Gasteiger partial charge in [0, 0.05) is 17.2 Å². The zero-order chi connectivity index (χ0) is 15.5. The first kappa shape index (κ1) is 16.3. The van der Waals surface area contributed by atoms with Gasteiger partial charge in [0.15, 0.2) is 0 Å². The highest BCUT2D eigenvalue weighted by Gasteiger charge is 2.32. The van der Waals surface area contributed by atoms with E-state index in [0.717, 1.165) is 16.7 Å². The van der Waals surface area contributed by atoms with Crippen molar-refractivity contribution in [1.29, 1.82) is 0 Å². The van der Waals surface area contributed by atoms with Gasteiger partial charge in [0.2, 0.25) is 0 Å². The van der Waals surface area contributed by atoms with E-state index in [1.165, 1.54) is 24.3 Å². The van der Waals surface area contributed by atoms with Crippen LogP contribution in [0.25, 0.3) is 0 Å². The Hall–Kier alpha value is -1.12. The lowest BCUT2D eigenvalue weighted by molar-refractivity contribution is 0.524. The lowest BCUT2D eigenvalue weighted by Crippen LogP contribution is -2.33. The standard InChI is InChI=1S/C17H16Cl2F2/c1-12-5-6-16(21)7-13(12)9-17(10-18,11-19)14-3-2-4-15(20)8-14/h2-8H,9-11H2,1H3. The molecule has 0 aliphatic carbocycles. The summed E-state index contributed by atoms with van der Waals surface area (Å²) in [6.07, 6.45) is 0.465. The summed E-state index contributed by atoms with van der Waals surface area (Å²) >= 11 is 12.3. The minimum absolute atomic E-state index is 0.232. The first-order valence-electron chi connectivity index (χ1n) is 6.64. The van der Waals surface area contributed by atoms with Crippen molar-refractivity contribution < 1.29 is 8.78 Å². The Balaban J connectivity index is 2.45. The van der Waals surface area contributed by atoms with Gasteiger partial charge < -0.3 is 0 Å². The summed E-state index contributed by atoms with van der Waals surface area (Å²) < 4.78 is 27.0. The molecule has 0 heterocycles. The second-order valence-corrected chi connectivity index (χ2v) is 5.84. The molecule has 2 aromatic carbocycles. The molecule has 0 aliphatic heterocycles. The van der Waals surface area contributed by atoms with Crippen LogP contribution in [-0.4, -0.2) is 11.8 Å². The van der Waals surface area contributed by atoms with E-state index in [0.29, 0.717) is 6.42 Å². The molecule has 0 radical (unpaired) electrons. The first-order valence-corrected chi connectivity index (χ1v) is 7.71. The van der Waals surface area contributed by atoms with Crippen LogP contribution in [0.3, 0.4) is 0 Å². The first-order chi connectivity index (χ1) is 10.0. The molecule has 0 fully saturated rings. The van der Waals surface area contributed by atoms with Crippen LogP contribution in [-0.2, 0) is 11.8 Å². The van der Waals surface area contributed by atoms with Crippen molar-refractivity contribution in [2.45, 2.75) is 18.8 Å². The molecule has 0 saturated carbocycles. The molecule has 0 unspecified atom stereocenters. The molecular formula is C17H16Cl2F2. The normalized spacial score (nSPS) is 11.7. The molecule has 0 bridgehead atoms. The molecule has 0 nitrogen and oxygen atoms in total. The van der Waals surface area contributed by atoms with Crippen LogP contribution in [0.15, 0.2) is 42.5 Å². The Morgan fingerprint density at radius 2 is 1.62 bits per heavy atom. The van der Waals surface area contributed by atoms with Gasteiger partial charge in [0.05, 0.1) is 0 Å². The van der Waals surface area contributed by atoms with Crippen molar-refractivity contribution in [3.8, 4) is 0 Å². The summed E-state index contributed by atoms with van der Waals surface area (Å²) in [4.78, 5) is 0. The summed E-state index contributed by atoms with van der Waals surface area (Å²) in [6, 6.07) is 10.9. The highest BCUT2D eigenvalue weighted by Crippen LogP contribution is 2.33. The predicted molar refractivity (Wildman–Crippen MR) is 84.4 cm³/mol. The second kappa shape index (κ2) is 6.76. The molecular weight excluding hydrogens is 313 g/mol. The van der Waals surface area contributed by atoms with Crippen molar-refractivity contribution in [2.24, 2.45) is 0 Å². The van der Waals surface area contributed by atoms with Crippen LogP contribution in [0.2, 0.25) is 0 Å². The van der Waals surface area contributed by atoms with Gasteiger partial charge in [-0.3, -0.25) is 0 Å². The van der Waals surface area contributed by atoms with Crippen LogP contribution in [0.4, 0.5) is 8.78 Å². The SMILES string of the molecule is Cc1ccc(F)cc1CC(CCl)(CCl)c1cccc(F)c1. The number of rotatable bonds is 5. The van der Waals surface area contributed by atoms with Gasteiger partial charge in [-0.05, 0) is 54.3 Å². The zero-order valence-corrected chi connectivity index (χ0v) is 13.2. The molecule has 0 amide bonds. The van der Waals surface area contributed by atoms with Gasteiger partial charge in [0.25, 0.3) is 0 Å². The molecule has 0 atom stereocenters. The van der Waals surface area contributed by atoms with E-state index in [-0.39, 0.29) is 23.4 Å². The van der Waals surface area contributed by atoms with Crippen molar-refractivity contribution in [1.82, 2.24) is 0 Å². The Morgan fingerprint density at radius 3 is 2.24 bits per heavy atom. The zero-order valence-electron chi connectivity index (χ0n) is 11.7. The molecule has 2 rings (SSSR count). The smallest absolute Gasteiger partial charge is 0.123 e. The lowest BCUT2D eigenvalue weighted by Gasteiger charge is -2.31. The Morgan fingerprint density at radius 1 is 0.952 bits per heavy atom. The highest BCUT2D eigenvalue weighted by molar-refractivity contribution is 6.22. The van der Waals surface area contributed by atoms with Gasteiger partial charge >= 0.3 is 0 Å². The number of halogens is 4. The summed E-state index contributed by atoms with van der Waals surface area (Å²) in [5.41, 5.74) is 1.91. The maximum Gasteiger partial charge on any atom is 0.123 e. The fourth-order valence-corrected chi connectivity index (χ4v) is 3.18. The van der Waals surface area contributed by atoms with Crippen LogP contribution >= 0.6 is 23.2 Å². The number of alkyl halides is 2. The molecule has 4 heteroatoms. The van der Waals surface area contributed by atoms with E-state index in [9.17, 15) is 8.78 Å². The fourth-order valence-electron chi connectivity index (χ4n) is 2.40. The molecule has 0 saturated heterocycles. The summed E-state index contributed by atoms with van der Waals surface area (Å²) in [6.45, 7) is 1.91. The van der Waals surface area contributed by atoms with Crippen molar-refractivity contribution in [2.75, 3.05) is 11.8 Å². The van der Waals surface area contributed by atoms with Gasteiger partial charge in [0.1, 0.15) is 11.6 Å². The van der Waals surface area contributed by atoms with E-state index in [1.807, 2.05) is 13.0 Å². The topological polar surface area (TPSA) is 0 Å². The second-order valence-electron chi connectivity index (χ2n) is 5.31. The van der Waals surface area contributed by atoms with E-state index in [2.05, 4.69) is 0 Å². The minimum Gasteiger partial charge on any atom is -0.207 e. The molecule has 21 heavy (non-hydrogen) atoms. The molecule has 0 spiro atoms. The van der Waals surface area contributed by atoms with Gasteiger partial charge in [-0.25, -0.2) is 8.78 Å². The van der Waals surface area contributed by atoms with E-state index in [4.69, 9.17) is 23.2 Å². The molecule has 2 aromatic rings. The number of aryl methyl sites for hydroxylation is 1. The number of hydrogen-bond donors (Lipinski definition) is 0. The molecule has 0 aromatic heterocycles. The Kier molecular flexibility index (Phi) is 5.23. The van der Waals surface area contributed by atoms with Crippen LogP contribution in [0.1, 0.15) is 16.7 Å². The number of hydrogen-bond acceptors (Lipinski definition) is 0. The maximum atomic E-state index is 13.5. The largest absolute Gasteiger partial charge is 0.207 e. The quantitative estimate of drug-likeness (QED) is 0.659. The summed E-state index contributed by atoms with van der Waals surface area (Å²) in [5.74, 6) is -0.165. The third kappa shape index (κ3) is 3.56. The van der Waals surface area contributed by atoms with Crippen LogP contribution < -0.4 is 0 Å². The van der Waals surface area contributed by atoms with Gasteiger partial charge in [-0.2, -0.15) is 0 Å². The van der Waals surface area contributed by atoms with Crippen LogP contribution in [0, 0.1) is 18.6 Å². The Labute approximate surface area is 133 Å². The average Bonchev–Trinajstić information content (AvgIpc) is 2.48. The predicted octanol–water partition coefficient (Wildman–Crippen LogP) is 5.23. The van der Waals surface area contributed by atoms with Crippen LogP contribution in [0.5, 0.6) is 0 Å². The van der Waals surface area contributed by atoms with Crippen molar-refractivity contribution >= 4 is 23.2 Å². The van der Waals surface area contributed by atoms with E-state index < -0.39 is 5.41 Å². The average molecular weight is 329 g/mol. The Bertz CT molecular complexity index is 622. The van der Waals surface area contributed by atoms with Crippen molar-refractivity contribution in [3.63, 3.8) is 0 Å². The highest BCUT2D eigenvalue weighted by atomic mass is 35.5. The fraction of sp³-hybridized carbons (Fsp3) is 0.294. The maximum absolute atomic E-state index is 13.5. The molecule has 0 aliphatic rings. The van der Waals surface area contributed by atoms with E-state index in [1.54, 1.807) is 12.1 Å². The molecule has 112 valence electrons. The third-order valence-corrected chi connectivity index (χ3v) is 4.81. The van der Waals surface area contributed by atoms with E-state index >= 15 is 0 Å². The summed E-state index contributed by atoms with van der Waals surface area (Å²) in [5, 5.41) is 0. The minimum atomic E-state index is -0.621. The van der Waals surface area contributed by atoms with Gasteiger partial charge in [-0.15, -0.1) is 23.2 Å². The number of benzene rings is 2. The monoisotopic (exact) mass is 328 g/mol. The lowest BCUT2D eigenvalue weighted by atomic mass is 9.78. The van der Waals surface area contributed by atoms with Gasteiger partial charge in [-0.1, -0.05) is 18.2 Å². The molecule has 0 N–H and O–H groups in total. The van der Waals surface area contributed by atoms with Crippen molar-refractivity contribution in [3.05, 3.63) is 70.8 Å².